The molecule has 17 heavy (non-hydrogen) atoms. The van der Waals surface area contributed by atoms with Gasteiger partial charge in [0.15, 0.2) is 11.5 Å². The first kappa shape index (κ1) is 12.2. The number of rotatable bonds is 5. The Morgan fingerprint density at radius 1 is 1.53 bits per heavy atom. The van der Waals surface area contributed by atoms with Gasteiger partial charge in [0.05, 0.1) is 4.47 Å². The fourth-order valence-corrected chi connectivity index (χ4v) is 1.98. The summed E-state index contributed by atoms with van der Waals surface area (Å²) in [4.78, 5) is 15.3. The van der Waals surface area contributed by atoms with Gasteiger partial charge in [0.1, 0.15) is 6.61 Å². The average molecular weight is 303 g/mol. The molecular weight excluding hydrogens is 292 g/mol. The number of amides is 1. The molecule has 6 nitrogen and oxygen atoms in total. The van der Waals surface area contributed by atoms with Crippen LogP contribution in [0.3, 0.4) is 0 Å². The van der Waals surface area contributed by atoms with Crippen molar-refractivity contribution < 1.29 is 19.1 Å². The third kappa shape index (κ3) is 3.09. The van der Waals surface area contributed by atoms with Crippen LogP contribution in [0, 0.1) is 0 Å². The third-order valence-electron chi connectivity index (χ3n) is 2.08. The van der Waals surface area contributed by atoms with Gasteiger partial charge in [-0.05, 0) is 33.6 Å². The maximum Gasteiger partial charge on any atom is 0.245 e. The topological polar surface area (TPSA) is 82.8 Å². The van der Waals surface area contributed by atoms with Crippen LogP contribution in [-0.4, -0.2) is 19.3 Å². The highest BCUT2D eigenvalue weighted by atomic mass is 79.9. The van der Waals surface area contributed by atoms with Crippen molar-refractivity contribution in [2.24, 2.45) is 5.73 Å². The fraction of sp³-hybridized carbons (Fsp3) is 0.300. The Labute approximate surface area is 106 Å². The zero-order chi connectivity index (χ0) is 12.3. The van der Waals surface area contributed by atoms with Crippen LogP contribution in [0.1, 0.15) is 5.56 Å². The van der Waals surface area contributed by atoms with Crippen LogP contribution in [0.25, 0.3) is 0 Å². The number of nitrogens with two attached hydrogens (primary N) is 1. The predicted molar refractivity (Wildman–Crippen MR) is 62.3 cm³/mol. The van der Waals surface area contributed by atoms with E-state index in [-0.39, 0.29) is 13.4 Å². The number of hydrogen-bond donors (Lipinski definition) is 2. The summed E-state index contributed by atoms with van der Waals surface area (Å²) in [7, 11) is 0. The number of carbonyl (C=O) groups is 1. The van der Waals surface area contributed by atoms with Crippen molar-refractivity contribution in [2.45, 2.75) is 6.54 Å². The number of carbonyl (C=O) groups excluding carboxylic acids is 1. The summed E-state index contributed by atoms with van der Waals surface area (Å²) in [5, 5.41) is 0. The Hall–Kier alpha value is -1.31. The third-order valence-corrected chi connectivity index (χ3v) is 2.67. The number of benzene rings is 1. The molecule has 0 saturated heterocycles. The molecule has 0 aromatic heterocycles. The summed E-state index contributed by atoms with van der Waals surface area (Å²) in [6, 6.07) is 3.72. The van der Waals surface area contributed by atoms with E-state index in [1.165, 1.54) is 0 Å². The van der Waals surface area contributed by atoms with Gasteiger partial charge in [-0.1, -0.05) is 0 Å². The van der Waals surface area contributed by atoms with Gasteiger partial charge in [-0.25, -0.2) is 0 Å². The number of hydroxylamine groups is 1. The minimum Gasteiger partial charge on any atom is -0.454 e. The summed E-state index contributed by atoms with van der Waals surface area (Å²) < 4.78 is 11.3. The van der Waals surface area contributed by atoms with Gasteiger partial charge in [0.25, 0.3) is 0 Å². The molecule has 1 aliphatic heterocycles. The number of fused-ring (bicyclic) bond motifs is 1. The SMILES string of the molecule is NC(=O)CONCc1cc(Br)c2c(c1)OCO2. The van der Waals surface area contributed by atoms with Gasteiger partial charge < -0.3 is 15.2 Å². The van der Waals surface area contributed by atoms with Gasteiger partial charge in [0.2, 0.25) is 12.7 Å². The van der Waals surface area contributed by atoms with Crippen LogP contribution >= 0.6 is 15.9 Å². The molecule has 0 unspecified atom stereocenters. The molecule has 1 aromatic rings. The molecular formula is C10H11BrN2O4. The van der Waals surface area contributed by atoms with Crippen LogP contribution in [0.4, 0.5) is 0 Å². The van der Waals surface area contributed by atoms with E-state index < -0.39 is 5.91 Å². The molecule has 1 aromatic carbocycles. The largest absolute Gasteiger partial charge is 0.454 e. The monoisotopic (exact) mass is 302 g/mol. The number of ether oxygens (including phenoxy) is 2. The van der Waals surface area contributed by atoms with E-state index in [0.29, 0.717) is 18.0 Å². The molecule has 92 valence electrons. The first-order chi connectivity index (χ1) is 8.16. The maximum atomic E-state index is 10.4. The molecule has 7 heteroatoms. The smallest absolute Gasteiger partial charge is 0.245 e. The van der Waals surface area contributed by atoms with Crippen molar-refractivity contribution in [1.29, 1.82) is 0 Å². The summed E-state index contributed by atoms with van der Waals surface area (Å²) >= 11 is 3.38. The zero-order valence-electron chi connectivity index (χ0n) is 8.86. The highest BCUT2D eigenvalue weighted by molar-refractivity contribution is 9.10. The number of primary amides is 1. The first-order valence-electron chi connectivity index (χ1n) is 4.88. The lowest BCUT2D eigenvalue weighted by Crippen LogP contribution is -2.24. The molecule has 0 aliphatic carbocycles. The van der Waals surface area contributed by atoms with Gasteiger partial charge in [-0.3, -0.25) is 9.63 Å². The minimum absolute atomic E-state index is 0.161. The summed E-state index contributed by atoms with van der Waals surface area (Å²) in [6.45, 7) is 0.497. The van der Waals surface area contributed by atoms with Crippen molar-refractivity contribution in [3.8, 4) is 11.5 Å². The fourth-order valence-electron chi connectivity index (χ4n) is 1.38. The van der Waals surface area contributed by atoms with Gasteiger partial charge in [-0.15, -0.1) is 0 Å². The van der Waals surface area contributed by atoms with E-state index in [1.54, 1.807) is 0 Å². The van der Waals surface area contributed by atoms with Crippen molar-refractivity contribution in [3.05, 3.63) is 22.2 Å². The highest BCUT2D eigenvalue weighted by Gasteiger charge is 2.17. The van der Waals surface area contributed by atoms with E-state index >= 15 is 0 Å². The summed E-state index contributed by atoms with van der Waals surface area (Å²) in [5.74, 6) is 0.863. The van der Waals surface area contributed by atoms with Crippen LogP contribution in [0.2, 0.25) is 0 Å². The molecule has 0 atom stereocenters. The van der Waals surface area contributed by atoms with Crippen LogP contribution in [-0.2, 0) is 16.2 Å². The predicted octanol–water partition coefficient (Wildman–Crippen LogP) is 0.684. The molecule has 0 saturated carbocycles. The summed E-state index contributed by atoms with van der Waals surface area (Å²) in [5.41, 5.74) is 8.49. The standard InChI is InChI=1S/C10H11BrN2O4/c11-7-1-6(3-13-17-4-9(12)14)2-8-10(7)16-5-15-8/h1-2,13H,3-5H2,(H2,12,14). The van der Waals surface area contributed by atoms with E-state index in [4.69, 9.17) is 20.0 Å². The molecule has 0 spiro atoms. The minimum atomic E-state index is -0.524. The van der Waals surface area contributed by atoms with E-state index in [2.05, 4.69) is 21.4 Å². The van der Waals surface area contributed by atoms with Crippen LogP contribution in [0.15, 0.2) is 16.6 Å². The van der Waals surface area contributed by atoms with Gasteiger partial charge in [-0.2, -0.15) is 5.48 Å². The van der Waals surface area contributed by atoms with Crippen molar-refractivity contribution in [2.75, 3.05) is 13.4 Å². The average Bonchev–Trinajstić information content (AvgIpc) is 2.72. The molecule has 1 amide bonds. The van der Waals surface area contributed by atoms with E-state index in [0.717, 1.165) is 10.0 Å². The summed E-state index contributed by atoms with van der Waals surface area (Å²) in [6.07, 6.45) is 0. The highest BCUT2D eigenvalue weighted by Crippen LogP contribution is 2.39. The van der Waals surface area contributed by atoms with Crippen molar-refractivity contribution in [3.63, 3.8) is 0 Å². The van der Waals surface area contributed by atoms with Gasteiger partial charge in [0, 0.05) is 6.54 Å². The second-order valence-electron chi connectivity index (χ2n) is 3.39. The van der Waals surface area contributed by atoms with E-state index in [9.17, 15) is 4.79 Å². The molecule has 0 bridgehead atoms. The number of halogens is 1. The van der Waals surface area contributed by atoms with Crippen molar-refractivity contribution >= 4 is 21.8 Å². The molecule has 0 radical (unpaired) electrons. The second kappa shape index (κ2) is 5.35. The molecule has 3 N–H and O–H groups in total. The normalized spacial score (nSPS) is 12.8. The Bertz CT molecular complexity index is 439. The Balaban J connectivity index is 1.93. The van der Waals surface area contributed by atoms with Gasteiger partial charge >= 0.3 is 0 Å². The molecule has 1 heterocycles. The lowest BCUT2D eigenvalue weighted by molar-refractivity contribution is -0.125. The Morgan fingerprint density at radius 3 is 3.12 bits per heavy atom. The number of hydrogen-bond acceptors (Lipinski definition) is 5. The Kier molecular flexibility index (Phi) is 3.82. The van der Waals surface area contributed by atoms with Crippen LogP contribution < -0.4 is 20.7 Å². The van der Waals surface area contributed by atoms with Crippen molar-refractivity contribution in [1.82, 2.24) is 5.48 Å². The second-order valence-corrected chi connectivity index (χ2v) is 4.24. The molecule has 2 rings (SSSR count). The molecule has 0 fully saturated rings. The lowest BCUT2D eigenvalue weighted by atomic mass is 10.2. The maximum absolute atomic E-state index is 10.4. The van der Waals surface area contributed by atoms with E-state index in [1.807, 2.05) is 12.1 Å². The lowest BCUT2D eigenvalue weighted by Gasteiger charge is -2.06. The Morgan fingerprint density at radius 2 is 2.35 bits per heavy atom. The molecule has 1 aliphatic rings. The quantitative estimate of drug-likeness (QED) is 0.617. The first-order valence-corrected chi connectivity index (χ1v) is 5.67. The zero-order valence-corrected chi connectivity index (χ0v) is 10.5. The number of nitrogens with one attached hydrogen (secondary N) is 1. The van der Waals surface area contributed by atoms with Crippen LogP contribution in [0.5, 0.6) is 11.5 Å².